The van der Waals surface area contributed by atoms with Crippen LogP contribution >= 0.6 is 0 Å². The highest BCUT2D eigenvalue weighted by Crippen LogP contribution is 2.57. The first-order valence-corrected chi connectivity index (χ1v) is 11.4. The molecule has 2 nitrogen and oxygen atoms in total. The van der Waals surface area contributed by atoms with Gasteiger partial charge in [-0.25, -0.2) is 0 Å². The highest BCUT2D eigenvalue weighted by molar-refractivity contribution is 5.37. The zero-order valence-corrected chi connectivity index (χ0v) is 18.8. The van der Waals surface area contributed by atoms with Crippen molar-refractivity contribution in [2.75, 3.05) is 20.2 Å². The van der Waals surface area contributed by atoms with Crippen molar-refractivity contribution in [1.82, 2.24) is 5.32 Å². The fourth-order valence-corrected chi connectivity index (χ4v) is 5.22. The van der Waals surface area contributed by atoms with E-state index in [0.717, 1.165) is 38.8 Å². The van der Waals surface area contributed by atoms with Gasteiger partial charge in [0.15, 0.2) is 0 Å². The van der Waals surface area contributed by atoms with E-state index in [-0.39, 0.29) is 11.0 Å². The van der Waals surface area contributed by atoms with Gasteiger partial charge in [-0.1, -0.05) is 81.4 Å². The molecular formula is C27H39NO. The smallest absolute Gasteiger partial charge is 0.103 e. The van der Waals surface area contributed by atoms with Crippen molar-refractivity contribution in [2.24, 2.45) is 11.8 Å². The molecule has 1 saturated carbocycles. The molecule has 1 N–H and O–H groups in total. The molecule has 0 saturated heterocycles. The summed E-state index contributed by atoms with van der Waals surface area (Å²) in [7, 11) is 2.02. The lowest BCUT2D eigenvalue weighted by Crippen LogP contribution is -2.54. The lowest BCUT2D eigenvalue weighted by Gasteiger charge is -2.55. The molecule has 1 aliphatic carbocycles. The van der Waals surface area contributed by atoms with Crippen molar-refractivity contribution in [1.29, 1.82) is 0 Å². The van der Waals surface area contributed by atoms with E-state index in [9.17, 15) is 0 Å². The Labute approximate surface area is 178 Å². The minimum atomic E-state index is -0.289. The van der Waals surface area contributed by atoms with Crippen LogP contribution in [-0.2, 0) is 15.8 Å². The molecule has 0 bridgehead atoms. The van der Waals surface area contributed by atoms with E-state index >= 15 is 0 Å². The molecule has 3 atom stereocenters. The summed E-state index contributed by atoms with van der Waals surface area (Å²) >= 11 is 0. The predicted octanol–water partition coefficient (Wildman–Crippen LogP) is 6.31. The summed E-state index contributed by atoms with van der Waals surface area (Å²) in [5.74, 6) is 1.36. The lowest BCUT2D eigenvalue weighted by atomic mass is 9.55. The van der Waals surface area contributed by atoms with Gasteiger partial charge in [0.2, 0.25) is 0 Å². The van der Waals surface area contributed by atoms with Crippen LogP contribution in [0.2, 0.25) is 0 Å². The molecule has 1 fully saturated rings. The lowest BCUT2D eigenvalue weighted by molar-refractivity contribution is -0.145. The second kappa shape index (κ2) is 9.91. The number of ether oxygens (including phenoxy) is 1. The van der Waals surface area contributed by atoms with Crippen molar-refractivity contribution >= 4 is 0 Å². The molecule has 0 aliphatic heterocycles. The Morgan fingerprint density at radius 3 is 2.17 bits per heavy atom. The van der Waals surface area contributed by atoms with Crippen LogP contribution in [0.1, 0.15) is 64.0 Å². The number of rotatable bonds is 9. The van der Waals surface area contributed by atoms with Crippen LogP contribution in [0.3, 0.4) is 0 Å². The molecule has 0 spiro atoms. The fraction of sp³-hybridized carbons (Fsp3) is 0.556. The van der Waals surface area contributed by atoms with E-state index in [2.05, 4.69) is 86.8 Å². The summed E-state index contributed by atoms with van der Waals surface area (Å²) in [6, 6.07) is 22.1. The average molecular weight is 394 g/mol. The fourth-order valence-electron chi connectivity index (χ4n) is 5.22. The molecule has 2 aromatic rings. The van der Waals surface area contributed by atoms with Gasteiger partial charge in [0.25, 0.3) is 0 Å². The van der Waals surface area contributed by atoms with Crippen LogP contribution in [-0.4, -0.2) is 20.2 Å². The molecule has 3 rings (SSSR count). The second-order valence-electron chi connectivity index (χ2n) is 9.30. The summed E-state index contributed by atoms with van der Waals surface area (Å²) in [4.78, 5) is 0. The van der Waals surface area contributed by atoms with Gasteiger partial charge < -0.3 is 10.1 Å². The third kappa shape index (κ3) is 4.59. The van der Waals surface area contributed by atoms with Gasteiger partial charge in [0, 0.05) is 12.0 Å². The van der Waals surface area contributed by atoms with Gasteiger partial charge >= 0.3 is 0 Å². The van der Waals surface area contributed by atoms with E-state index in [0.29, 0.717) is 11.8 Å². The minimum absolute atomic E-state index is 0.0377. The summed E-state index contributed by atoms with van der Waals surface area (Å²) in [5.41, 5.74) is 2.42. The van der Waals surface area contributed by atoms with Gasteiger partial charge in [-0.15, -0.1) is 0 Å². The molecule has 0 amide bonds. The molecule has 0 radical (unpaired) electrons. The van der Waals surface area contributed by atoms with Crippen molar-refractivity contribution in [3.63, 3.8) is 0 Å². The maximum atomic E-state index is 7.03. The first kappa shape index (κ1) is 22.1. The van der Waals surface area contributed by atoms with Crippen LogP contribution in [0.15, 0.2) is 60.7 Å². The van der Waals surface area contributed by atoms with Crippen molar-refractivity contribution in [2.45, 2.75) is 63.9 Å². The Balaban J connectivity index is 2.04. The van der Waals surface area contributed by atoms with Crippen LogP contribution in [0, 0.1) is 11.8 Å². The molecule has 1 aliphatic rings. The first-order chi connectivity index (χ1) is 14.0. The minimum Gasteiger partial charge on any atom is -0.369 e. The topological polar surface area (TPSA) is 21.3 Å². The standard InChI is InChI=1S/C27H39NO/c1-22(2)23-17-18-26(3,24-13-7-5-8-14-24)27(21-23,25-15-9-6-10-16-25)29-20-12-11-19-28-4/h5-10,13-16,22-23,28H,11-12,17-21H2,1-4H3. The number of nitrogens with one attached hydrogen (secondary N) is 1. The van der Waals surface area contributed by atoms with Crippen molar-refractivity contribution in [3.05, 3.63) is 71.8 Å². The van der Waals surface area contributed by atoms with Crippen LogP contribution in [0.25, 0.3) is 0 Å². The van der Waals surface area contributed by atoms with Crippen LogP contribution < -0.4 is 5.32 Å². The van der Waals surface area contributed by atoms with Gasteiger partial charge in [0.1, 0.15) is 5.60 Å². The molecule has 2 heteroatoms. The molecule has 2 aromatic carbocycles. The largest absolute Gasteiger partial charge is 0.369 e. The zero-order chi connectivity index (χ0) is 20.7. The van der Waals surface area contributed by atoms with E-state index < -0.39 is 0 Å². The van der Waals surface area contributed by atoms with Crippen molar-refractivity contribution < 1.29 is 4.74 Å². The maximum absolute atomic E-state index is 7.03. The predicted molar refractivity (Wildman–Crippen MR) is 123 cm³/mol. The van der Waals surface area contributed by atoms with Gasteiger partial charge in [-0.05, 0) is 68.7 Å². The Hall–Kier alpha value is -1.64. The monoisotopic (exact) mass is 393 g/mol. The Morgan fingerprint density at radius 2 is 1.59 bits per heavy atom. The van der Waals surface area contributed by atoms with E-state index in [1.807, 2.05) is 7.05 Å². The number of unbranched alkanes of at least 4 members (excludes halogenated alkanes) is 1. The molecule has 0 heterocycles. The highest BCUT2D eigenvalue weighted by atomic mass is 16.5. The second-order valence-corrected chi connectivity index (χ2v) is 9.30. The summed E-state index contributed by atoms with van der Waals surface area (Å²) in [6.07, 6.45) is 5.75. The SMILES string of the molecule is CNCCCCOC1(c2ccccc2)CC(C(C)C)CCC1(C)c1ccccc1. The summed E-state index contributed by atoms with van der Waals surface area (Å²) in [6.45, 7) is 9.05. The van der Waals surface area contributed by atoms with Gasteiger partial charge in [-0.3, -0.25) is 0 Å². The number of hydrogen-bond acceptors (Lipinski definition) is 2. The summed E-state index contributed by atoms with van der Waals surface area (Å²) in [5, 5.41) is 3.26. The quantitative estimate of drug-likeness (QED) is 0.504. The van der Waals surface area contributed by atoms with E-state index in [1.54, 1.807) is 0 Å². The van der Waals surface area contributed by atoms with E-state index in [1.165, 1.54) is 17.5 Å². The third-order valence-corrected chi connectivity index (χ3v) is 7.22. The molecule has 158 valence electrons. The normalized spacial score (nSPS) is 27.3. The Bertz CT molecular complexity index is 729. The van der Waals surface area contributed by atoms with Gasteiger partial charge in [0.05, 0.1) is 0 Å². The zero-order valence-electron chi connectivity index (χ0n) is 18.8. The molecule has 3 unspecified atom stereocenters. The maximum Gasteiger partial charge on any atom is 0.103 e. The number of hydrogen-bond donors (Lipinski definition) is 1. The molecule has 29 heavy (non-hydrogen) atoms. The first-order valence-electron chi connectivity index (χ1n) is 11.4. The Kier molecular flexibility index (Phi) is 7.54. The van der Waals surface area contributed by atoms with E-state index in [4.69, 9.17) is 4.74 Å². The summed E-state index contributed by atoms with van der Waals surface area (Å²) < 4.78 is 7.03. The average Bonchev–Trinajstić information content (AvgIpc) is 2.76. The highest BCUT2D eigenvalue weighted by Gasteiger charge is 2.55. The molecular weight excluding hydrogens is 354 g/mol. The Morgan fingerprint density at radius 1 is 0.966 bits per heavy atom. The van der Waals surface area contributed by atoms with Crippen LogP contribution in [0.5, 0.6) is 0 Å². The van der Waals surface area contributed by atoms with Crippen molar-refractivity contribution in [3.8, 4) is 0 Å². The van der Waals surface area contributed by atoms with Crippen LogP contribution in [0.4, 0.5) is 0 Å². The number of benzene rings is 2. The third-order valence-electron chi connectivity index (χ3n) is 7.22. The van der Waals surface area contributed by atoms with Gasteiger partial charge in [-0.2, -0.15) is 0 Å². The molecule has 0 aromatic heterocycles.